The molecule has 0 unspecified atom stereocenters. The van der Waals surface area contributed by atoms with Crippen LogP contribution in [0.25, 0.3) is 5.69 Å². The van der Waals surface area contributed by atoms with Gasteiger partial charge in [-0.15, -0.1) is 0 Å². The molecule has 0 aliphatic carbocycles. The molecule has 1 aromatic carbocycles. The molecule has 0 saturated heterocycles. The molecule has 154 valence electrons. The van der Waals surface area contributed by atoms with Crippen molar-refractivity contribution in [1.29, 1.82) is 5.26 Å². The normalized spacial score (nSPS) is 10.5. The predicted octanol–water partition coefficient (Wildman–Crippen LogP) is 1.66. The van der Waals surface area contributed by atoms with Gasteiger partial charge in [-0.1, -0.05) is 25.1 Å². The van der Waals surface area contributed by atoms with Crippen LogP contribution < -0.4 is 16.6 Å². The summed E-state index contributed by atoms with van der Waals surface area (Å²) < 4.78 is 2.83. The molecule has 0 fully saturated rings. The van der Waals surface area contributed by atoms with Gasteiger partial charge >= 0.3 is 0 Å². The number of para-hydroxylation sites is 1. The topological polar surface area (TPSA) is 132 Å². The summed E-state index contributed by atoms with van der Waals surface area (Å²) in [5.41, 5.74) is 7.77. The maximum Gasteiger partial charge on any atom is 0.271 e. The van der Waals surface area contributed by atoms with Crippen molar-refractivity contribution in [3.63, 3.8) is 0 Å². The Kier molecular flexibility index (Phi) is 6.60. The highest BCUT2D eigenvalue weighted by atomic mass is 16.2. The first-order valence-corrected chi connectivity index (χ1v) is 9.74. The smallest absolute Gasteiger partial charge is 0.271 e. The summed E-state index contributed by atoms with van der Waals surface area (Å²) in [6.45, 7) is 2.76. The van der Waals surface area contributed by atoms with Crippen molar-refractivity contribution >= 4 is 11.7 Å². The molecule has 0 saturated carbocycles. The van der Waals surface area contributed by atoms with E-state index in [4.69, 9.17) is 5.73 Å². The molecule has 3 aromatic rings. The molecule has 2 aromatic heterocycles. The van der Waals surface area contributed by atoms with Crippen LogP contribution in [0.5, 0.6) is 0 Å². The molecule has 0 aliphatic heterocycles. The number of nitrogens with two attached hydrogens (primary N) is 1. The Labute approximate surface area is 173 Å². The van der Waals surface area contributed by atoms with Gasteiger partial charge in [0.25, 0.3) is 11.5 Å². The number of hydrogen-bond donors (Lipinski definition) is 2. The first-order valence-electron chi connectivity index (χ1n) is 9.74. The number of anilines is 1. The number of nitrogen functional groups attached to an aromatic ring is 1. The Morgan fingerprint density at radius 1 is 1.20 bits per heavy atom. The number of benzene rings is 1. The molecule has 9 nitrogen and oxygen atoms in total. The van der Waals surface area contributed by atoms with Crippen molar-refractivity contribution < 1.29 is 4.79 Å². The molecule has 1 amide bonds. The van der Waals surface area contributed by atoms with E-state index in [9.17, 15) is 14.9 Å². The molecule has 0 bridgehead atoms. The van der Waals surface area contributed by atoms with E-state index in [-0.39, 0.29) is 17.2 Å². The lowest BCUT2D eigenvalue weighted by Gasteiger charge is -2.07. The van der Waals surface area contributed by atoms with Crippen molar-refractivity contribution in [1.82, 2.24) is 24.9 Å². The molecule has 0 aliphatic rings. The van der Waals surface area contributed by atoms with Gasteiger partial charge in [-0.3, -0.25) is 9.59 Å². The fourth-order valence-corrected chi connectivity index (χ4v) is 3.03. The summed E-state index contributed by atoms with van der Waals surface area (Å²) in [5, 5.41) is 20.8. The zero-order valence-electron chi connectivity index (χ0n) is 16.7. The number of hydrogen-bond acceptors (Lipinski definition) is 6. The summed E-state index contributed by atoms with van der Waals surface area (Å²) in [7, 11) is 0. The second kappa shape index (κ2) is 9.52. The number of aromatic nitrogens is 4. The van der Waals surface area contributed by atoms with E-state index in [1.807, 2.05) is 37.3 Å². The monoisotopic (exact) mass is 405 g/mol. The summed E-state index contributed by atoms with van der Waals surface area (Å²) >= 11 is 0. The third kappa shape index (κ3) is 4.55. The molecule has 0 radical (unpaired) electrons. The number of aryl methyl sites for hydroxylation is 2. The van der Waals surface area contributed by atoms with E-state index in [0.29, 0.717) is 43.0 Å². The number of carbonyl (C=O) groups excluding carboxylic acids is 1. The van der Waals surface area contributed by atoms with Gasteiger partial charge < -0.3 is 11.1 Å². The maximum absolute atomic E-state index is 12.3. The Morgan fingerprint density at radius 2 is 1.97 bits per heavy atom. The second-order valence-electron chi connectivity index (χ2n) is 6.71. The zero-order valence-corrected chi connectivity index (χ0v) is 16.7. The van der Waals surface area contributed by atoms with Crippen LogP contribution in [-0.2, 0) is 13.0 Å². The molecular formula is C21H23N7O2. The number of rotatable bonds is 8. The third-order valence-corrected chi connectivity index (χ3v) is 4.52. The SMILES string of the molecule is CCCn1nc(C(=O)NCCCc2nn(-c3ccccc3)c(N)c2C#N)ccc1=O. The minimum Gasteiger partial charge on any atom is -0.382 e. The van der Waals surface area contributed by atoms with Gasteiger partial charge in [-0.25, -0.2) is 9.36 Å². The van der Waals surface area contributed by atoms with Crippen LogP contribution in [-0.4, -0.2) is 32.0 Å². The van der Waals surface area contributed by atoms with Gasteiger partial charge in [0.1, 0.15) is 23.1 Å². The van der Waals surface area contributed by atoms with E-state index >= 15 is 0 Å². The van der Waals surface area contributed by atoms with Gasteiger partial charge in [0.15, 0.2) is 0 Å². The van der Waals surface area contributed by atoms with Crippen molar-refractivity contribution in [2.45, 2.75) is 32.7 Å². The summed E-state index contributed by atoms with van der Waals surface area (Å²) in [4.78, 5) is 24.0. The predicted molar refractivity (Wildman–Crippen MR) is 112 cm³/mol. The summed E-state index contributed by atoms with van der Waals surface area (Å²) in [5.74, 6) is -0.0557. The highest BCUT2D eigenvalue weighted by molar-refractivity contribution is 5.91. The number of carbonyl (C=O) groups is 1. The van der Waals surface area contributed by atoms with Gasteiger partial charge in [0.05, 0.1) is 11.4 Å². The number of nitrogens with zero attached hydrogens (tertiary/aromatic N) is 5. The minimum absolute atomic E-state index is 0.193. The Hall–Kier alpha value is -3.93. The lowest BCUT2D eigenvalue weighted by molar-refractivity contribution is 0.0945. The minimum atomic E-state index is -0.352. The van der Waals surface area contributed by atoms with E-state index in [1.54, 1.807) is 4.68 Å². The molecule has 9 heteroatoms. The van der Waals surface area contributed by atoms with Crippen LogP contribution in [0.4, 0.5) is 5.82 Å². The van der Waals surface area contributed by atoms with Crippen LogP contribution in [0, 0.1) is 11.3 Å². The first-order chi connectivity index (χ1) is 14.5. The van der Waals surface area contributed by atoms with Crippen LogP contribution in [0.1, 0.15) is 41.5 Å². The lowest BCUT2D eigenvalue weighted by Crippen LogP contribution is -2.30. The molecule has 30 heavy (non-hydrogen) atoms. The molecule has 0 atom stereocenters. The van der Waals surface area contributed by atoms with Crippen molar-refractivity contribution in [3.8, 4) is 11.8 Å². The lowest BCUT2D eigenvalue weighted by atomic mass is 10.1. The van der Waals surface area contributed by atoms with Crippen LogP contribution in [0.2, 0.25) is 0 Å². The Balaban J connectivity index is 1.62. The summed E-state index contributed by atoms with van der Waals surface area (Å²) in [6, 6.07) is 14.2. The molecule has 0 spiro atoms. The van der Waals surface area contributed by atoms with E-state index in [2.05, 4.69) is 21.6 Å². The van der Waals surface area contributed by atoms with Gasteiger partial charge in [0.2, 0.25) is 0 Å². The van der Waals surface area contributed by atoms with E-state index in [0.717, 1.165) is 12.1 Å². The average molecular weight is 405 g/mol. The molecular weight excluding hydrogens is 382 g/mol. The highest BCUT2D eigenvalue weighted by Gasteiger charge is 2.16. The molecule has 3 rings (SSSR count). The number of nitrogens with one attached hydrogen (secondary N) is 1. The third-order valence-electron chi connectivity index (χ3n) is 4.52. The highest BCUT2D eigenvalue weighted by Crippen LogP contribution is 2.21. The molecule has 3 N–H and O–H groups in total. The first kappa shape index (κ1) is 20.8. The van der Waals surface area contributed by atoms with Crippen LogP contribution >= 0.6 is 0 Å². The zero-order chi connectivity index (χ0) is 21.5. The standard InChI is InChI=1S/C21H23N7O2/c1-2-13-27-19(29)11-10-18(25-27)21(30)24-12-6-9-17-16(14-22)20(23)28(26-17)15-7-4-3-5-8-15/h3-5,7-8,10-11H,2,6,9,12-13,23H2,1H3,(H,24,30). The van der Waals surface area contributed by atoms with E-state index in [1.165, 1.54) is 16.8 Å². The second-order valence-corrected chi connectivity index (χ2v) is 6.71. The Bertz CT molecular complexity index is 1130. The van der Waals surface area contributed by atoms with Gasteiger partial charge in [0, 0.05) is 19.2 Å². The van der Waals surface area contributed by atoms with Gasteiger partial charge in [-0.05, 0) is 37.5 Å². The maximum atomic E-state index is 12.3. The fourth-order valence-electron chi connectivity index (χ4n) is 3.03. The fraction of sp³-hybridized carbons (Fsp3) is 0.286. The largest absolute Gasteiger partial charge is 0.382 e. The van der Waals surface area contributed by atoms with Crippen molar-refractivity contribution in [3.05, 3.63) is 69.8 Å². The number of nitriles is 1. The quantitative estimate of drug-likeness (QED) is 0.548. The van der Waals surface area contributed by atoms with Gasteiger partial charge in [-0.2, -0.15) is 15.5 Å². The summed E-state index contributed by atoms with van der Waals surface area (Å²) in [6.07, 6.45) is 1.80. The average Bonchev–Trinajstić information content (AvgIpc) is 3.08. The van der Waals surface area contributed by atoms with Crippen molar-refractivity contribution in [2.75, 3.05) is 12.3 Å². The van der Waals surface area contributed by atoms with Crippen LogP contribution in [0.3, 0.4) is 0 Å². The molecule has 2 heterocycles. The van der Waals surface area contributed by atoms with Crippen molar-refractivity contribution in [2.24, 2.45) is 0 Å². The number of amides is 1. The van der Waals surface area contributed by atoms with E-state index < -0.39 is 0 Å². The Morgan fingerprint density at radius 3 is 2.67 bits per heavy atom. The van der Waals surface area contributed by atoms with Crippen LogP contribution in [0.15, 0.2) is 47.3 Å².